The van der Waals surface area contributed by atoms with Gasteiger partial charge in [-0.25, -0.2) is 0 Å². The standard InChI is InChI=1S/C16H25NO2/c1-10(2)13-8-14(11(3)7-16(13)19-4)15(18)9-17-12-5-6-12/h7-8,10,12,15,17-18H,5-6,9H2,1-4H3. The highest BCUT2D eigenvalue weighted by Gasteiger charge is 2.23. The summed E-state index contributed by atoms with van der Waals surface area (Å²) in [6, 6.07) is 4.75. The number of aliphatic hydroxyl groups is 1. The van der Waals surface area contributed by atoms with Gasteiger partial charge < -0.3 is 15.2 Å². The van der Waals surface area contributed by atoms with Gasteiger partial charge >= 0.3 is 0 Å². The van der Waals surface area contributed by atoms with Crippen LogP contribution >= 0.6 is 0 Å². The second-order valence-corrected chi connectivity index (χ2v) is 5.80. The summed E-state index contributed by atoms with van der Waals surface area (Å²) < 4.78 is 5.43. The molecule has 2 N–H and O–H groups in total. The molecule has 3 nitrogen and oxygen atoms in total. The van der Waals surface area contributed by atoms with Gasteiger partial charge in [-0.2, -0.15) is 0 Å². The van der Waals surface area contributed by atoms with Crippen molar-refractivity contribution in [1.29, 1.82) is 0 Å². The molecule has 1 saturated carbocycles. The van der Waals surface area contributed by atoms with Crippen LogP contribution in [0.25, 0.3) is 0 Å². The van der Waals surface area contributed by atoms with Crippen LogP contribution in [0.4, 0.5) is 0 Å². The van der Waals surface area contributed by atoms with Gasteiger partial charge in [0.15, 0.2) is 0 Å². The molecule has 19 heavy (non-hydrogen) atoms. The van der Waals surface area contributed by atoms with E-state index in [-0.39, 0.29) is 0 Å². The summed E-state index contributed by atoms with van der Waals surface area (Å²) in [5.74, 6) is 1.30. The number of nitrogens with one attached hydrogen (secondary N) is 1. The molecule has 3 heteroatoms. The van der Waals surface area contributed by atoms with Gasteiger partial charge in [0.05, 0.1) is 13.2 Å². The SMILES string of the molecule is COc1cc(C)c(C(O)CNC2CC2)cc1C(C)C. The molecule has 2 rings (SSSR count). The molecule has 1 aromatic carbocycles. The third kappa shape index (κ3) is 3.48. The molecule has 1 fully saturated rings. The van der Waals surface area contributed by atoms with Gasteiger partial charge in [-0.3, -0.25) is 0 Å². The molecule has 1 aliphatic rings. The fraction of sp³-hybridized carbons (Fsp3) is 0.625. The molecule has 0 heterocycles. The van der Waals surface area contributed by atoms with Gasteiger partial charge in [-0.15, -0.1) is 0 Å². The van der Waals surface area contributed by atoms with Crippen LogP contribution in [-0.4, -0.2) is 24.8 Å². The number of rotatable bonds is 6. The summed E-state index contributed by atoms with van der Waals surface area (Å²) in [5, 5.41) is 13.7. The highest BCUT2D eigenvalue weighted by molar-refractivity contribution is 5.44. The summed E-state index contributed by atoms with van der Waals surface area (Å²) in [6.07, 6.45) is 2.04. The first kappa shape index (κ1) is 14.4. The predicted octanol–water partition coefficient (Wildman–Crippen LogP) is 2.91. The number of benzene rings is 1. The number of aliphatic hydroxyl groups excluding tert-OH is 1. The third-order valence-corrected chi connectivity index (χ3v) is 3.78. The monoisotopic (exact) mass is 263 g/mol. The zero-order chi connectivity index (χ0) is 14.0. The first-order valence-corrected chi connectivity index (χ1v) is 7.12. The second kappa shape index (κ2) is 5.93. The Kier molecular flexibility index (Phi) is 4.48. The van der Waals surface area contributed by atoms with Gasteiger partial charge in [0, 0.05) is 12.6 Å². The van der Waals surface area contributed by atoms with E-state index in [1.165, 1.54) is 12.8 Å². The van der Waals surface area contributed by atoms with Crippen molar-refractivity contribution in [3.05, 3.63) is 28.8 Å². The van der Waals surface area contributed by atoms with Crippen molar-refractivity contribution >= 4 is 0 Å². The third-order valence-electron chi connectivity index (χ3n) is 3.78. The van der Waals surface area contributed by atoms with E-state index in [0.717, 1.165) is 22.4 Å². The lowest BCUT2D eigenvalue weighted by atomic mass is 9.94. The van der Waals surface area contributed by atoms with Gasteiger partial charge in [-0.05, 0) is 54.5 Å². The highest BCUT2D eigenvalue weighted by Crippen LogP contribution is 2.32. The van der Waals surface area contributed by atoms with Crippen LogP contribution in [-0.2, 0) is 0 Å². The minimum atomic E-state index is -0.441. The van der Waals surface area contributed by atoms with Crippen molar-refractivity contribution in [3.8, 4) is 5.75 Å². The number of hydrogen-bond donors (Lipinski definition) is 2. The summed E-state index contributed by atoms with van der Waals surface area (Å²) in [4.78, 5) is 0. The molecule has 0 aliphatic heterocycles. The van der Waals surface area contributed by atoms with E-state index >= 15 is 0 Å². The van der Waals surface area contributed by atoms with E-state index in [9.17, 15) is 5.11 Å². The number of methoxy groups -OCH3 is 1. The number of ether oxygens (including phenoxy) is 1. The number of aryl methyl sites for hydroxylation is 1. The molecular formula is C16H25NO2. The van der Waals surface area contributed by atoms with Crippen molar-refractivity contribution in [3.63, 3.8) is 0 Å². The van der Waals surface area contributed by atoms with Crippen molar-refractivity contribution in [2.75, 3.05) is 13.7 Å². The molecule has 1 atom stereocenters. The molecule has 0 saturated heterocycles. The van der Waals surface area contributed by atoms with Gasteiger partial charge in [0.2, 0.25) is 0 Å². The zero-order valence-corrected chi connectivity index (χ0v) is 12.4. The quantitative estimate of drug-likeness (QED) is 0.829. The Hall–Kier alpha value is -1.06. The Balaban J connectivity index is 2.20. The normalized spacial score (nSPS) is 16.7. The average Bonchev–Trinajstić information content (AvgIpc) is 3.19. The van der Waals surface area contributed by atoms with Crippen LogP contribution in [0.3, 0.4) is 0 Å². The first-order valence-electron chi connectivity index (χ1n) is 7.12. The van der Waals surface area contributed by atoms with Gasteiger partial charge in [0.25, 0.3) is 0 Å². The predicted molar refractivity (Wildman–Crippen MR) is 77.8 cm³/mol. The minimum Gasteiger partial charge on any atom is -0.496 e. The van der Waals surface area contributed by atoms with E-state index in [2.05, 4.69) is 25.2 Å². The Morgan fingerprint density at radius 1 is 1.32 bits per heavy atom. The lowest BCUT2D eigenvalue weighted by Gasteiger charge is -2.19. The zero-order valence-electron chi connectivity index (χ0n) is 12.4. The van der Waals surface area contributed by atoms with Crippen molar-refractivity contribution in [1.82, 2.24) is 5.32 Å². The summed E-state index contributed by atoms with van der Waals surface area (Å²) >= 11 is 0. The highest BCUT2D eigenvalue weighted by atomic mass is 16.5. The minimum absolute atomic E-state index is 0.387. The van der Waals surface area contributed by atoms with E-state index < -0.39 is 6.10 Å². The van der Waals surface area contributed by atoms with E-state index in [0.29, 0.717) is 18.5 Å². The fourth-order valence-electron chi connectivity index (χ4n) is 2.38. The second-order valence-electron chi connectivity index (χ2n) is 5.80. The van der Waals surface area contributed by atoms with Crippen LogP contribution in [0.1, 0.15) is 55.4 Å². The molecule has 1 aliphatic carbocycles. The smallest absolute Gasteiger partial charge is 0.122 e. The van der Waals surface area contributed by atoms with Crippen molar-refractivity contribution < 1.29 is 9.84 Å². The maximum absolute atomic E-state index is 10.3. The molecule has 0 aromatic heterocycles. The van der Waals surface area contributed by atoms with E-state index in [1.54, 1.807) is 7.11 Å². The Labute approximate surface area is 116 Å². The first-order chi connectivity index (χ1) is 9.02. The topological polar surface area (TPSA) is 41.5 Å². The van der Waals surface area contributed by atoms with Crippen molar-refractivity contribution in [2.24, 2.45) is 0 Å². The summed E-state index contributed by atoms with van der Waals surface area (Å²) in [7, 11) is 1.70. The van der Waals surface area contributed by atoms with Crippen LogP contribution in [0.5, 0.6) is 5.75 Å². The lowest BCUT2D eigenvalue weighted by Crippen LogP contribution is -2.24. The molecule has 106 valence electrons. The van der Waals surface area contributed by atoms with E-state index in [4.69, 9.17) is 4.74 Å². The van der Waals surface area contributed by atoms with Crippen LogP contribution < -0.4 is 10.1 Å². The summed E-state index contributed by atoms with van der Waals surface area (Å²) in [5.41, 5.74) is 3.26. The molecule has 0 amide bonds. The molecule has 0 radical (unpaired) electrons. The van der Waals surface area contributed by atoms with Crippen LogP contribution in [0.2, 0.25) is 0 Å². The Morgan fingerprint density at radius 2 is 2.00 bits per heavy atom. The van der Waals surface area contributed by atoms with E-state index in [1.807, 2.05) is 13.0 Å². The molecule has 0 spiro atoms. The molecule has 0 bridgehead atoms. The fourth-order valence-corrected chi connectivity index (χ4v) is 2.38. The molecule has 1 aromatic rings. The molecule has 1 unspecified atom stereocenters. The average molecular weight is 263 g/mol. The van der Waals surface area contributed by atoms with Gasteiger partial charge in [-0.1, -0.05) is 13.8 Å². The number of hydrogen-bond acceptors (Lipinski definition) is 3. The lowest BCUT2D eigenvalue weighted by molar-refractivity contribution is 0.173. The maximum atomic E-state index is 10.3. The maximum Gasteiger partial charge on any atom is 0.122 e. The Morgan fingerprint density at radius 3 is 2.53 bits per heavy atom. The van der Waals surface area contributed by atoms with Crippen LogP contribution in [0, 0.1) is 6.92 Å². The summed E-state index contributed by atoms with van der Waals surface area (Å²) in [6.45, 7) is 6.95. The largest absolute Gasteiger partial charge is 0.496 e. The van der Waals surface area contributed by atoms with Gasteiger partial charge in [0.1, 0.15) is 5.75 Å². The van der Waals surface area contributed by atoms with Crippen LogP contribution in [0.15, 0.2) is 12.1 Å². The Bertz CT molecular complexity index is 439. The molecular weight excluding hydrogens is 238 g/mol. The van der Waals surface area contributed by atoms with Crippen molar-refractivity contribution in [2.45, 2.75) is 51.7 Å².